The number of nitrogens with one attached hydrogen (secondary N) is 1. The van der Waals surface area contributed by atoms with Crippen LogP contribution in [-0.4, -0.2) is 24.5 Å². The molecule has 2 aromatic rings. The number of benzene rings is 1. The summed E-state index contributed by atoms with van der Waals surface area (Å²) in [5.74, 6) is 0.152. The highest BCUT2D eigenvalue weighted by Gasteiger charge is 2.37. The third-order valence-corrected chi connectivity index (χ3v) is 3.56. The molecule has 0 spiro atoms. The van der Waals surface area contributed by atoms with E-state index < -0.39 is 17.8 Å². The normalized spacial score (nSPS) is 16.3. The summed E-state index contributed by atoms with van der Waals surface area (Å²) in [6.45, 7) is 4.11. The van der Waals surface area contributed by atoms with E-state index in [1.807, 2.05) is 6.92 Å². The highest BCUT2D eigenvalue weighted by Crippen LogP contribution is 2.24. The molecule has 4 amide bonds. The molecule has 1 aromatic carbocycles. The van der Waals surface area contributed by atoms with Crippen LogP contribution in [0.3, 0.4) is 0 Å². The lowest BCUT2D eigenvalue weighted by Crippen LogP contribution is -2.54. The van der Waals surface area contributed by atoms with Gasteiger partial charge in [0.1, 0.15) is 22.8 Å². The van der Waals surface area contributed by atoms with Gasteiger partial charge < -0.3 is 9.15 Å². The first-order chi connectivity index (χ1) is 12.0. The van der Waals surface area contributed by atoms with Gasteiger partial charge in [0.15, 0.2) is 0 Å². The molecular weight excluding hydrogens is 324 g/mol. The maximum Gasteiger partial charge on any atom is 0.335 e. The SMILES string of the molecule is CCOc1ccc(N2C(=O)NC(=O)/C(=C\c3ccc(C)o3)C2=O)cc1. The molecule has 3 rings (SSSR count). The molecule has 0 unspecified atom stereocenters. The van der Waals surface area contributed by atoms with Crippen LogP contribution >= 0.6 is 0 Å². The van der Waals surface area contributed by atoms with Crippen molar-refractivity contribution in [3.63, 3.8) is 0 Å². The van der Waals surface area contributed by atoms with Gasteiger partial charge in [-0.05, 0) is 56.3 Å². The number of furan rings is 1. The Morgan fingerprint density at radius 1 is 1.12 bits per heavy atom. The van der Waals surface area contributed by atoms with Gasteiger partial charge in [0.25, 0.3) is 11.8 Å². The van der Waals surface area contributed by atoms with Gasteiger partial charge in [0.05, 0.1) is 12.3 Å². The van der Waals surface area contributed by atoms with E-state index in [-0.39, 0.29) is 5.57 Å². The summed E-state index contributed by atoms with van der Waals surface area (Å²) in [6.07, 6.45) is 1.32. The number of urea groups is 1. The number of imide groups is 2. The molecule has 0 saturated carbocycles. The minimum Gasteiger partial charge on any atom is -0.494 e. The number of aryl methyl sites for hydroxylation is 1. The number of nitrogens with zero attached hydrogens (tertiary/aromatic N) is 1. The largest absolute Gasteiger partial charge is 0.494 e. The molecule has 7 heteroatoms. The summed E-state index contributed by atoms with van der Waals surface area (Å²) in [6, 6.07) is 9.00. The Morgan fingerprint density at radius 3 is 2.44 bits per heavy atom. The minimum atomic E-state index is -0.799. The first-order valence-corrected chi connectivity index (χ1v) is 7.70. The van der Waals surface area contributed by atoms with Crippen LogP contribution in [0.2, 0.25) is 0 Å². The van der Waals surface area contributed by atoms with E-state index in [0.29, 0.717) is 29.6 Å². The molecule has 2 heterocycles. The molecule has 128 valence electrons. The van der Waals surface area contributed by atoms with Gasteiger partial charge in [-0.25, -0.2) is 9.69 Å². The number of barbiturate groups is 1. The molecule has 7 nitrogen and oxygen atoms in total. The summed E-state index contributed by atoms with van der Waals surface area (Å²) >= 11 is 0. The predicted molar refractivity (Wildman–Crippen MR) is 90.1 cm³/mol. The Bertz CT molecular complexity index is 864. The lowest BCUT2D eigenvalue weighted by atomic mass is 10.1. The number of anilines is 1. The first-order valence-electron chi connectivity index (χ1n) is 7.70. The van der Waals surface area contributed by atoms with Crippen LogP contribution in [0.5, 0.6) is 5.75 Å². The van der Waals surface area contributed by atoms with Crippen molar-refractivity contribution in [3.05, 3.63) is 53.5 Å². The van der Waals surface area contributed by atoms with Crippen molar-refractivity contribution >= 4 is 29.6 Å². The van der Waals surface area contributed by atoms with Crippen LogP contribution < -0.4 is 15.0 Å². The molecule has 0 radical (unpaired) electrons. The van der Waals surface area contributed by atoms with Gasteiger partial charge in [-0.2, -0.15) is 0 Å². The zero-order chi connectivity index (χ0) is 18.0. The van der Waals surface area contributed by atoms with E-state index in [1.165, 1.54) is 6.08 Å². The summed E-state index contributed by atoms with van der Waals surface area (Å²) in [7, 11) is 0. The molecule has 0 atom stereocenters. The van der Waals surface area contributed by atoms with Crippen molar-refractivity contribution < 1.29 is 23.5 Å². The van der Waals surface area contributed by atoms with Gasteiger partial charge in [-0.1, -0.05) is 0 Å². The molecular formula is C18H16N2O5. The van der Waals surface area contributed by atoms with E-state index in [2.05, 4.69) is 5.32 Å². The highest BCUT2D eigenvalue weighted by molar-refractivity contribution is 6.39. The molecule has 0 bridgehead atoms. The highest BCUT2D eigenvalue weighted by atomic mass is 16.5. The molecule has 25 heavy (non-hydrogen) atoms. The van der Waals surface area contributed by atoms with Crippen molar-refractivity contribution in [1.29, 1.82) is 0 Å². The molecule has 1 aliphatic rings. The van der Waals surface area contributed by atoms with Crippen LogP contribution in [0.15, 0.2) is 46.4 Å². The summed E-state index contributed by atoms with van der Waals surface area (Å²) in [5.41, 5.74) is 0.155. The monoisotopic (exact) mass is 340 g/mol. The third kappa shape index (κ3) is 3.30. The van der Waals surface area contributed by atoms with Crippen molar-refractivity contribution in [1.82, 2.24) is 5.32 Å². The van der Waals surface area contributed by atoms with E-state index in [1.54, 1.807) is 43.3 Å². The zero-order valence-corrected chi connectivity index (χ0v) is 13.7. The van der Waals surface area contributed by atoms with Crippen molar-refractivity contribution in [3.8, 4) is 5.75 Å². The predicted octanol–water partition coefficient (Wildman–Crippen LogP) is 2.65. The van der Waals surface area contributed by atoms with Crippen molar-refractivity contribution in [2.45, 2.75) is 13.8 Å². The summed E-state index contributed by atoms with van der Waals surface area (Å²) < 4.78 is 10.7. The smallest absolute Gasteiger partial charge is 0.335 e. The van der Waals surface area contributed by atoms with Crippen molar-refractivity contribution in [2.24, 2.45) is 0 Å². The topological polar surface area (TPSA) is 88.8 Å². The number of carbonyl (C=O) groups excluding carboxylic acids is 3. The maximum absolute atomic E-state index is 12.7. The fourth-order valence-electron chi connectivity index (χ4n) is 2.42. The standard InChI is InChI=1S/C18H16N2O5/c1-3-24-13-8-5-12(6-9-13)20-17(22)15(16(21)19-18(20)23)10-14-7-4-11(2)25-14/h4-10H,3H2,1-2H3,(H,19,21,23)/b15-10+. The number of hydrogen-bond donors (Lipinski definition) is 1. The Balaban J connectivity index is 1.93. The third-order valence-electron chi connectivity index (χ3n) is 3.56. The van der Waals surface area contributed by atoms with E-state index in [9.17, 15) is 14.4 Å². The van der Waals surface area contributed by atoms with Gasteiger partial charge in [0.2, 0.25) is 0 Å². The number of ether oxygens (including phenoxy) is 1. The van der Waals surface area contributed by atoms with Gasteiger partial charge in [0, 0.05) is 0 Å². The van der Waals surface area contributed by atoms with Gasteiger partial charge in [-0.15, -0.1) is 0 Å². The maximum atomic E-state index is 12.7. The minimum absolute atomic E-state index is 0.178. The Morgan fingerprint density at radius 2 is 1.84 bits per heavy atom. The van der Waals surface area contributed by atoms with Crippen LogP contribution in [0.25, 0.3) is 6.08 Å². The Labute approximate surface area is 143 Å². The number of amides is 4. The Kier molecular flexibility index (Phi) is 4.38. The average Bonchev–Trinajstić information content (AvgIpc) is 2.98. The van der Waals surface area contributed by atoms with Gasteiger partial charge >= 0.3 is 6.03 Å². The molecule has 1 fully saturated rings. The average molecular weight is 340 g/mol. The van der Waals surface area contributed by atoms with Crippen LogP contribution in [0.1, 0.15) is 18.4 Å². The first kappa shape index (κ1) is 16.5. The quantitative estimate of drug-likeness (QED) is 0.683. The molecule has 1 N–H and O–H groups in total. The van der Waals surface area contributed by atoms with E-state index >= 15 is 0 Å². The number of carbonyl (C=O) groups is 3. The van der Waals surface area contributed by atoms with Crippen LogP contribution in [-0.2, 0) is 9.59 Å². The fraction of sp³-hybridized carbons (Fsp3) is 0.167. The second-order valence-corrected chi connectivity index (χ2v) is 5.33. The fourth-order valence-corrected chi connectivity index (χ4v) is 2.42. The lowest BCUT2D eigenvalue weighted by Gasteiger charge is -2.26. The van der Waals surface area contributed by atoms with Crippen molar-refractivity contribution in [2.75, 3.05) is 11.5 Å². The zero-order valence-electron chi connectivity index (χ0n) is 13.7. The van der Waals surface area contributed by atoms with E-state index in [0.717, 1.165) is 4.90 Å². The molecule has 1 aliphatic heterocycles. The van der Waals surface area contributed by atoms with E-state index in [4.69, 9.17) is 9.15 Å². The second-order valence-electron chi connectivity index (χ2n) is 5.33. The Hall–Kier alpha value is -3.35. The summed E-state index contributed by atoms with van der Waals surface area (Å²) in [5, 5.41) is 2.16. The molecule has 1 saturated heterocycles. The summed E-state index contributed by atoms with van der Waals surface area (Å²) in [4.78, 5) is 37.7. The van der Waals surface area contributed by atoms with Gasteiger partial charge in [-0.3, -0.25) is 14.9 Å². The molecule has 0 aliphatic carbocycles. The number of hydrogen-bond acceptors (Lipinski definition) is 5. The molecule has 1 aromatic heterocycles. The lowest BCUT2D eigenvalue weighted by molar-refractivity contribution is -0.122. The second kappa shape index (κ2) is 6.64. The van der Waals surface area contributed by atoms with Crippen LogP contribution in [0.4, 0.5) is 10.5 Å². The number of rotatable bonds is 4. The van der Waals surface area contributed by atoms with Crippen LogP contribution in [0, 0.1) is 6.92 Å².